The number of hydrogen-bond acceptors (Lipinski definition) is 6. The van der Waals surface area contributed by atoms with E-state index in [0.29, 0.717) is 5.56 Å². The van der Waals surface area contributed by atoms with Gasteiger partial charge in [0.05, 0.1) is 19.6 Å². The van der Waals surface area contributed by atoms with Gasteiger partial charge in [-0.25, -0.2) is 8.42 Å². The molecule has 1 fully saturated rings. The van der Waals surface area contributed by atoms with Gasteiger partial charge in [-0.1, -0.05) is 11.8 Å². The van der Waals surface area contributed by atoms with E-state index in [0.717, 1.165) is 10.5 Å². The van der Waals surface area contributed by atoms with E-state index in [1.54, 1.807) is 0 Å². The maximum atomic E-state index is 12.4. The zero-order valence-corrected chi connectivity index (χ0v) is 11.7. The van der Waals surface area contributed by atoms with Crippen molar-refractivity contribution < 1.29 is 18.0 Å². The first-order valence-electron chi connectivity index (χ1n) is 5.90. The fourth-order valence-corrected chi connectivity index (χ4v) is 3.05. The van der Waals surface area contributed by atoms with E-state index in [1.165, 1.54) is 12.3 Å². The first-order valence-corrected chi connectivity index (χ1v) is 7.34. The zero-order chi connectivity index (χ0) is 15.5. The molecular weight excluding hydrogens is 296 g/mol. The van der Waals surface area contributed by atoms with Crippen molar-refractivity contribution in [1.82, 2.24) is 14.6 Å². The topological polar surface area (TPSA) is 122 Å². The standard InChI is InChI=1S/C12H12N4O4S/c13-3-1-2-9-4-10(6-14-5-9)21(19,20)16-7-11(17)15-12(18)8-16/h4-6H,3,7-8,13H2,(H,15,17,18). The molecule has 0 aromatic carbocycles. The summed E-state index contributed by atoms with van der Waals surface area (Å²) < 4.78 is 25.6. The molecule has 1 aromatic rings. The van der Waals surface area contributed by atoms with E-state index in [9.17, 15) is 18.0 Å². The quantitative estimate of drug-likeness (QED) is 0.483. The number of piperazine rings is 1. The van der Waals surface area contributed by atoms with Crippen molar-refractivity contribution in [3.63, 3.8) is 0 Å². The summed E-state index contributed by atoms with van der Waals surface area (Å²) in [6.45, 7) is -0.683. The molecular formula is C12H12N4O4S. The zero-order valence-electron chi connectivity index (χ0n) is 10.9. The highest BCUT2D eigenvalue weighted by Gasteiger charge is 2.33. The second-order valence-electron chi connectivity index (χ2n) is 4.16. The number of sulfonamides is 1. The third-order valence-electron chi connectivity index (χ3n) is 2.60. The van der Waals surface area contributed by atoms with Gasteiger partial charge in [-0.3, -0.25) is 19.9 Å². The van der Waals surface area contributed by atoms with Gasteiger partial charge in [0.15, 0.2) is 0 Å². The lowest BCUT2D eigenvalue weighted by molar-refractivity contribution is -0.134. The summed E-state index contributed by atoms with van der Waals surface area (Å²) in [5.41, 5.74) is 5.63. The Morgan fingerprint density at radius 2 is 1.95 bits per heavy atom. The van der Waals surface area contributed by atoms with Crippen LogP contribution in [0.25, 0.3) is 0 Å². The van der Waals surface area contributed by atoms with E-state index >= 15 is 0 Å². The van der Waals surface area contributed by atoms with Crippen molar-refractivity contribution in [3.05, 3.63) is 24.0 Å². The lowest BCUT2D eigenvalue weighted by Gasteiger charge is -2.24. The fraction of sp³-hybridized carbons (Fsp3) is 0.250. The van der Waals surface area contributed by atoms with Crippen LogP contribution in [0.4, 0.5) is 0 Å². The Labute approximate surface area is 121 Å². The molecule has 0 atom stereocenters. The van der Waals surface area contributed by atoms with Gasteiger partial charge in [-0.2, -0.15) is 4.31 Å². The third kappa shape index (κ3) is 3.43. The predicted octanol–water partition coefficient (Wildman–Crippen LogP) is -1.96. The van der Waals surface area contributed by atoms with Gasteiger partial charge in [0.1, 0.15) is 4.90 Å². The Hall–Kier alpha value is -2.28. The molecule has 0 spiro atoms. The highest BCUT2D eigenvalue weighted by Crippen LogP contribution is 2.16. The Kier molecular flexibility index (Phi) is 4.32. The Balaban J connectivity index is 2.35. The Morgan fingerprint density at radius 1 is 1.29 bits per heavy atom. The monoisotopic (exact) mass is 308 g/mol. The van der Waals surface area contributed by atoms with Crippen LogP contribution in [0.2, 0.25) is 0 Å². The number of nitrogens with two attached hydrogens (primary N) is 1. The van der Waals surface area contributed by atoms with Crippen molar-refractivity contribution in [3.8, 4) is 11.8 Å². The maximum Gasteiger partial charge on any atom is 0.245 e. The SMILES string of the molecule is NCC#Cc1cncc(S(=O)(=O)N2CC(=O)NC(=O)C2)c1. The van der Waals surface area contributed by atoms with E-state index < -0.39 is 34.9 Å². The van der Waals surface area contributed by atoms with Gasteiger partial charge in [-0.15, -0.1) is 0 Å². The fourth-order valence-electron chi connectivity index (χ4n) is 1.71. The van der Waals surface area contributed by atoms with E-state index in [2.05, 4.69) is 16.8 Å². The second-order valence-corrected chi connectivity index (χ2v) is 6.10. The summed E-state index contributed by atoms with van der Waals surface area (Å²) in [5.74, 6) is 3.93. The molecule has 1 aliphatic rings. The minimum Gasteiger partial charge on any atom is -0.320 e. The molecule has 1 aliphatic heterocycles. The van der Waals surface area contributed by atoms with E-state index in [4.69, 9.17) is 5.73 Å². The van der Waals surface area contributed by atoms with Crippen LogP contribution in [-0.2, 0) is 19.6 Å². The molecule has 2 amide bonds. The average Bonchev–Trinajstić information content (AvgIpc) is 2.44. The van der Waals surface area contributed by atoms with Gasteiger partial charge in [0, 0.05) is 18.0 Å². The first-order chi connectivity index (χ1) is 9.93. The summed E-state index contributed by atoms with van der Waals surface area (Å²) >= 11 is 0. The minimum atomic E-state index is -3.99. The van der Waals surface area contributed by atoms with Crippen LogP contribution in [0.3, 0.4) is 0 Å². The number of rotatable bonds is 2. The highest BCUT2D eigenvalue weighted by molar-refractivity contribution is 7.89. The Bertz CT molecular complexity index is 732. The summed E-state index contributed by atoms with van der Waals surface area (Å²) in [6, 6.07) is 1.32. The van der Waals surface area contributed by atoms with Crippen LogP contribution >= 0.6 is 0 Å². The molecule has 2 heterocycles. The largest absolute Gasteiger partial charge is 0.320 e. The summed E-state index contributed by atoms with van der Waals surface area (Å²) in [7, 11) is -3.99. The van der Waals surface area contributed by atoms with Crippen molar-refractivity contribution >= 4 is 21.8 Å². The number of imide groups is 1. The molecule has 0 unspecified atom stereocenters. The van der Waals surface area contributed by atoms with Crippen LogP contribution in [0.15, 0.2) is 23.4 Å². The van der Waals surface area contributed by atoms with Crippen molar-refractivity contribution in [2.75, 3.05) is 19.6 Å². The van der Waals surface area contributed by atoms with E-state index in [-0.39, 0.29) is 11.4 Å². The summed E-state index contributed by atoms with van der Waals surface area (Å²) in [4.78, 5) is 26.2. The predicted molar refractivity (Wildman–Crippen MR) is 72.1 cm³/mol. The Morgan fingerprint density at radius 3 is 2.57 bits per heavy atom. The molecule has 9 heteroatoms. The van der Waals surface area contributed by atoms with Crippen LogP contribution < -0.4 is 11.1 Å². The number of nitrogens with zero attached hydrogens (tertiary/aromatic N) is 2. The maximum absolute atomic E-state index is 12.4. The van der Waals surface area contributed by atoms with Gasteiger partial charge < -0.3 is 5.73 Å². The summed E-state index contributed by atoms with van der Waals surface area (Å²) in [6.07, 6.45) is 2.54. The van der Waals surface area contributed by atoms with Crippen LogP contribution in [-0.4, -0.2) is 49.2 Å². The molecule has 110 valence electrons. The highest BCUT2D eigenvalue weighted by atomic mass is 32.2. The first kappa shape index (κ1) is 15.1. The number of pyridine rings is 1. The molecule has 1 aromatic heterocycles. The average molecular weight is 308 g/mol. The molecule has 3 N–H and O–H groups in total. The molecule has 2 rings (SSSR count). The minimum absolute atomic E-state index is 0.131. The van der Waals surface area contributed by atoms with Crippen LogP contribution in [0.1, 0.15) is 5.56 Å². The second kappa shape index (κ2) is 6.01. The van der Waals surface area contributed by atoms with E-state index in [1.807, 2.05) is 5.32 Å². The van der Waals surface area contributed by atoms with Crippen molar-refractivity contribution in [2.24, 2.45) is 5.73 Å². The lowest BCUT2D eigenvalue weighted by Crippen LogP contribution is -2.53. The van der Waals surface area contributed by atoms with Crippen molar-refractivity contribution in [2.45, 2.75) is 4.90 Å². The van der Waals surface area contributed by atoms with Crippen molar-refractivity contribution in [1.29, 1.82) is 0 Å². The van der Waals surface area contributed by atoms with Crippen LogP contribution in [0.5, 0.6) is 0 Å². The number of nitrogens with one attached hydrogen (secondary N) is 1. The molecule has 8 nitrogen and oxygen atoms in total. The molecule has 0 radical (unpaired) electrons. The van der Waals surface area contributed by atoms with Crippen LogP contribution in [0, 0.1) is 11.8 Å². The van der Waals surface area contributed by atoms with Gasteiger partial charge in [0.2, 0.25) is 21.8 Å². The molecule has 1 saturated heterocycles. The molecule has 0 saturated carbocycles. The number of amides is 2. The number of aromatic nitrogens is 1. The van der Waals surface area contributed by atoms with Gasteiger partial charge in [0.25, 0.3) is 0 Å². The third-order valence-corrected chi connectivity index (χ3v) is 4.36. The molecule has 0 bridgehead atoms. The lowest BCUT2D eigenvalue weighted by atomic mass is 10.3. The number of carbonyl (C=O) groups is 2. The smallest absolute Gasteiger partial charge is 0.245 e. The van der Waals surface area contributed by atoms with Gasteiger partial charge >= 0.3 is 0 Å². The molecule has 21 heavy (non-hydrogen) atoms. The molecule has 0 aliphatic carbocycles. The number of hydrogen-bond donors (Lipinski definition) is 2. The number of carbonyl (C=O) groups excluding carboxylic acids is 2. The van der Waals surface area contributed by atoms with Gasteiger partial charge in [-0.05, 0) is 6.07 Å². The summed E-state index contributed by atoms with van der Waals surface area (Å²) in [5, 5.41) is 2.04. The normalized spacial score (nSPS) is 16.0.